The Bertz CT molecular complexity index is 317. The SMILES string of the molecule is CC(C)(C)c1cc(C#N)ncn1. The number of rotatable bonds is 0. The van der Waals surface area contributed by atoms with E-state index in [2.05, 4.69) is 30.7 Å². The molecule has 0 bridgehead atoms. The van der Waals surface area contributed by atoms with Crippen LogP contribution in [0.2, 0.25) is 0 Å². The van der Waals surface area contributed by atoms with Crippen molar-refractivity contribution in [3.63, 3.8) is 0 Å². The summed E-state index contributed by atoms with van der Waals surface area (Å²) in [5, 5.41) is 8.59. The minimum absolute atomic E-state index is 0.0193. The van der Waals surface area contributed by atoms with Gasteiger partial charge in [-0.15, -0.1) is 0 Å². The summed E-state index contributed by atoms with van der Waals surface area (Å²) in [7, 11) is 0. The highest BCUT2D eigenvalue weighted by Gasteiger charge is 2.15. The van der Waals surface area contributed by atoms with Crippen LogP contribution in [0, 0.1) is 11.3 Å². The smallest absolute Gasteiger partial charge is 0.144 e. The van der Waals surface area contributed by atoms with E-state index in [0.717, 1.165) is 5.69 Å². The van der Waals surface area contributed by atoms with E-state index in [1.165, 1.54) is 6.33 Å². The molecule has 0 fully saturated rings. The zero-order chi connectivity index (χ0) is 9.19. The molecule has 3 nitrogen and oxygen atoms in total. The van der Waals surface area contributed by atoms with Gasteiger partial charge >= 0.3 is 0 Å². The number of aromatic nitrogens is 2. The van der Waals surface area contributed by atoms with Crippen molar-refractivity contribution in [2.24, 2.45) is 0 Å². The third-order valence-corrected chi connectivity index (χ3v) is 1.55. The fourth-order valence-electron chi connectivity index (χ4n) is 0.829. The second kappa shape index (κ2) is 2.90. The van der Waals surface area contributed by atoms with Crippen molar-refractivity contribution in [3.8, 4) is 6.07 Å². The molecule has 0 aromatic carbocycles. The molecule has 0 aliphatic rings. The molecule has 0 saturated heterocycles. The molecule has 1 rings (SSSR count). The molecule has 0 amide bonds. The Morgan fingerprint density at radius 2 is 2.00 bits per heavy atom. The van der Waals surface area contributed by atoms with E-state index in [1.54, 1.807) is 6.07 Å². The van der Waals surface area contributed by atoms with Crippen LogP contribution in [-0.2, 0) is 5.41 Å². The van der Waals surface area contributed by atoms with Gasteiger partial charge in [0, 0.05) is 5.41 Å². The Labute approximate surface area is 72.1 Å². The van der Waals surface area contributed by atoms with E-state index < -0.39 is 0 Å². The van der Waals surface area contributed by atoms with E-state index >= 15 is 0 Å². The lowest BCUT2D eigenvalue weighted by molar-refractivity contribution is 0.566. The molecule has 0 atom stereocenters. The highest BCUT2D eigenvalue weighted by Crippen LogP contribution is 2.19. The van der Waals surface area contributed by atoms with E-state index in [4.69, 9.17) is 5.26 Å². The van der Waals surface area contributed by atoms with Gasteiger partial charge in [0.05, 0.1) is 5.69 Å². The normalized spacial score (nSPS) is 10.8. The lowest BCUT2D eigenvalue weighted by atomic mass is 9.92. The topological polar surface area (TPSA) is 49.6 Å². The Kier molecular flexibility index (Phi) is 2.09. The summed E-state index contributed by atoms with van der Waals surface area (Å²) in [6, 6.07) is 3.71. The van der Waals surface area contributed by atoms with Gasteiger partial charge in [0.1, 0.15) is 18.1 Å². The maximum atomic E-state index is 8.59. The predicted molar refractivity (Wildman–Crippen MR) is 45.4 cm³/mol. The summed E-state index contributed by atoms with van der Waals surface area (Å²) in [6.07, 6.45) is 1.43. The minimum Gasteiger partial charge on any atom is -0.241 e. The molecule has 0 aliphatic heterocycles. The van der Waals surface area contributed by atoms with Crippen molar-refractivity contribution in [2.45, 2.75) is 26.2 Å². The van der Waals surface area contributed by atoms with Crippen LogP contribution < -0.4 is 0 Å². The van der Waals surface area contributed by atoms with Crippen molar-refractivity contribution in [1.29, 1.82) is 5.26 Å². The van der Waals surface area contributed by atoms with Crippen molar-refractivity contribution in [3.05, 3.63) is 23.8 Å². The minimum atomic E-state index is -0.0193. The molecule has 1 aromatic rings. The van der Waals surface area contributed by atoms with Gasteiger partial charge in [-0.1, -0.05) is 20.8 Å². The van der Waals surface area contributed by atoms with Crippen molar-refractivity contribution >= 4 is 0 Å². The number of hydrogen-bond acceptors (Lipinski definition) is 3. The first-order valence-electron chi connectivity index (χ1n) is 3.76. The summed E-state index contributed by atoms with van der Waals surface area (Å²) in [6.45, 7) is 6.16. The molecule has 0 saturated carbocycles. The largest absolute Gasteiger partial charge is 0.241 e. The van der Waals surface area contributed by atoms with E-state index in [-0.39, 0.29) is 5.41 Å². The molecule has 0 radical (unpaired) electrons. The Hall–Kier alpha value is -1.43. The van der Waals surface area contributed by atoms with Crippen LogP contribution in [0.15, 0.2) is 12.4 Å². The van der Waals surface area contributed by atoms with Gasteiger partial charge in [-0.25, -0.2) is 9.97 Å². The van der Waals surface area contributed by atoms with Crippen LogP contribution in [0.1, 0.15) is 32.2 Å². The first-order valence-corrected chi connectivity index (χ1v) is 3.76. The highest BCUT2D eigenvalue weighted by molar-refractivity contribution is 5.24. The van der Waals surface area contributed by atoms with Gasteiger partial charge < -0.3 is 0 Å². The molecule has 0 spiro atoms. The monoisotopic (exact) mass is 161 g/mol. The summed E-state index contributed by atoms with van der Waals surface area (Å²) < 4.78 is 0. The summed E-state index contributed by atoms with van der Waals surface area (Å²) in [5.41, 5.74) is 1.30. The predicted octanol–water partition coefficient (Wildman–Crippen LogP) is 1.65. The lowest BCUT2D eigenvalue weighted by Crippen LogP contribution is -2.13. The average Bonchev–Trinajstić information content (AvgIpc) is 2.03. The standard InChI is InChI=1S/C9H11N3/c1-9(2,3)8-4-7(5-10)11-6-12-8/h4,6H,1-3H3. The average molecular weight is 161 g/mol. The summed E-state index contributed by atoms with van der Waals surface area (Å²) in [5.74, 6) is 0. The maximum absolute atomic E-state index is 8.59. The van der Waals surface area contributed by atoms with E-state index in [0.29, 0.717) is 5.69 Å². The quantitative estimate of drug-likeness (QED) is 0.581. The van der Waals surface area contributed by atoms with Crippen molar-refractivity contribution in [2.75, 3.05) is 0 Å². The van der Waals surface area contributed by atoms with Gasteiger partial charge in [0.15, 0.2) is 0 Å². The zero-order valence-electron chi connectivity index (χ0n) is 7.50. The van der Waals surface area contributed by atoms with Crippen molar-refractivity contribution < 1.29 is 0 Å². The first-order chi connectivity index (χ1) is 5.54. The van der Waals surface area contributed by atoms with Crippen LogP contribution in [-0.4, -0.2) is 9.97 Å². The van der Waals surface area contributed by atoms with E-state index in [9.17, 15) is 0 Å². The maximum Gasteiger partial charge on any atom is 0.144 e. The third-order valence-electron chi connectivity index (χ3n) is 1.55. The summed E-state index contributed by atoms with van der Waals surface area (Å²) >= 11 is 0. The molecule has 0 unspecified atom stereocenters. The lowest BCUT2D eigenvalue weighted by Gasteiger charge is -2.16. The van der Waals surface area contributed by atoms with Crippen LogP contribution in [0.5, 0.6) is 0 Å². The molecular formula is C9H11N3. The number of nitrogens with zero attached hydrogens (tertiary/aromatic N) is 3. The van der Waals surface area contributed by atoms with Crippen LogP contribution in [0.3, 0.4) is 0 Å². The van der Waals surface area contributed by atoms with E-state index in [1.807, 2.05) is 6.07 Å². The van der Waals surface area contributed by atoms with Crippen LogP contribution >= 0.6 is 0 Å². The molecule has 12 heavy (non-hydrogen) atoms. The van der Waals surface area contributed by atoms with Gasteiger partial charge in [-0.3, -0.25) is 0 Å². The Morgan fingerprint density at radius 3 is 2.50 bits per heavy atom. The number of nitriles is 1. The molecule has 62 valence electrons. The van der Waals surface area contributed by atoms with Gasteiger partial charge in [-0.2, -0.15) is 5.26 Å². The molecule has 0 N–H and O–H groups in total. The molecule has 1 aromatic heterocycles. The highest BCUT2D eigenvalue weighted by atomic mass is 14.8. The third kappa shape index (κ3) is 1.79. The second-order valence-corrected chi connectivity index (χ2v) is 3.65. The molecular weight excluding hydrogens is 150 g/mol. The summed E-state index contributed by atoms with van der Waals surface area (Å²) in [4.78, 5) is 7.90. The van der Waals surface area contributed by atoms with Crippen LogP contribution in [0.4, 0.5) is 0 Å². The Morgan fingerprint density at radius 1 is 1.33 bits per heavy atom. The zero-order valence-corrected chi connectivity index (χ0v) is 7.50. The van der Waals surface area contributed by atoms with Crippen molar-refractivity contribution in [1.82, 2.24) is 9.97 Å². The van der Waals surface area contributed by atoms with Crippen LogP contribution in [0.25, 0.3) is 0 Å². The fraction of sp³-hybridized carbons (Fsp3) is 0.444. The fourth-order valence-corrected chi connectivity index (χ4v) is 0.829. The second-order valence-electron chi connectivity index (χ2n) is 3.65. The van der Waals surface area contributed by atoms with Gasteiger partial charge in [-0.05, 0) is 6.07 Å². The number of hydrogen-bond donors (Lipinski definition) is 0. The molecule has 0 aliphatic carbocycles. The molecule has 3 heteroatoms. The van der Waals surface area contributed by atoms with Gasteiger partial charge in [0.2, 0.25) is 0 Å². The Balaban J connectivity index is 3.13. The van der Waals surface area contributed by atoms with Gasteiger partial charge in [0.25, 0.3) is 0 Å². The molecule has 1 heterocycles. The first kappa shape index (κ1) is 8.66.